The summed E-state index contributed by atoms with van der Waals surface area (Å²) in [5.41, 5.74) is 3.04. The number of phenolic OH excluding ortho intramolecular Hbond substituents is 3. The van der Waals surface area contributed by atoms with Gasteiger partial charge in [0.05, 0.1) is 23.8 Å². The molecule has 6 nitrogen and oxygen atoms in total. The molecule has 0 bridgehead atoms. The monoisotopic (exact) mass is 454 g/mol. The lowest BCUT2D eigenvalue weighted by atomic mass is 9.84. The Morgan fingerprint density at radius 3 is 1.85 bits per heavy atom. The van der Waals surface area contributed by atoms with Gasteiger partial charge < -0.3 is 20.1 Å². The van der Waals surface area contributed by atoms with Crippen LogP contribution in [0.15, 0.2) is 84.9 Å². The first-order valence-electron chi connectivity index (χ1n) is 10.5. The molecule has 0 saturated carbocycles. The number of methoxy groups -OCH3 is 1. The highest BCUT2D eigenvalue weighted by Crippen LogP contribution is 2.36. The highest BCUT2D eigenvalue weighted by atomic mass is 16.5. The van der Waals surface area contributed by atoms with Crippen molar-refractivity contribution in [3.8, 4) is 23.0 Å². The summed E-state index contributed by atoms with van der Waals surface area (Å²) in [5, 5.41) is 29.2. The van der Waals surface area contributed by atoms with Crippen LogP contribution in [0, 0.1) is 0 Å². The molecular weight excluding hydrogens is 432 g/mol. The van der Waals surface area contributed by atoms with E-state index in [2.05, 4.69) is 0 Å². The van der Waals surface area contributed by atoms with Crippen molar-refractivity contribution in [2.75, 3.05) is 7.11 Å². The van der Waals surface area contributed by atoms with E-state index in [1.807, 2.05) is 18.2 Å². The summed E-state index contributed by atoms with van der Waals surface area (Å²) in [4.78, 5) is 24.3. The van der Waals surface area contributed by atoms with Gasteiger partial charge >= 0.3 is 0 Å². The Bertz CT molecular complexity index is 1320. The Balaban J connectivity index is 0.000000161. The van der Waals surface area contributed by atoms with E-state index in [-0.39, 0.29) is 34.4 Å². The van der Waals surface area contributed by atoms with Crippen molar-refractivity contribution >= 4 is 11.6 Å². The molecule has 0 atom stereocenters. The number of carbonyl (C=O) groups excluding carboxylic acids is 2. The molecule has 0 radical (unpaired) electrons. The number of fused-ring (bicyclic) bond motifs is 2. The number of hydrogen-bond acceptors (Lipinski definition) is 6. The molecular formula is C28H22O6. The third-order valence-corrected chi connectivity index (χ3v) is 5.58. The van der Waals surface area contributed by atoms with Gasteiger partial charge in [0, 0.05) is 11.6 Å². The zero-order chi connectivity index (χ0) is 24.2. The van der Waals surface area contributed by atoms with Crippen LogP contribution in [-0.2, 0) is 6.42 Å². The standard InChI is InChI=1S/C14H10O3.C14H12O3/c15-10-5-1-3-8-7-9-4-2-6-11(16)13(9)14(17)12(8)10;1-17-11-7-8-12(13(15)9-11)14(16)10-5-3-2-4-6-10/h1-6,15-16H,7H2;2-9,15H,1H3. The quantitative estimate of drug-likeness (QED) is 0.336. The summed E-state index contributed by atoms with van der Waals surface area (Å²) < 4.78 is 4.96. The van der Waals surface area contributed by atoms with Crippen LogP contribution >= 0.6 is 0 Å². The number of benzene rings is 4. The van der Waals surface area contributed by atoms with Gasteiger partial charge in [-0.3, -0.25) is 9.59 Å². The van der Waals surface area contributed by atoms with Gasteiger partial charge in [0.2, 0.25) is 5.78 Å². The average Bonchev–Trinajstić information content (AvgIpc) is 2.84. The summed E-state index contributed by atoms with van der Waals surface area (Å²) in [6, 6.07) is 23.5. The van der Waals surface area contributed by atoms with Gasteiger partial charge in [-0.25, -0.2) is 0 Å². The van der Waals surface area contributed by atoms with E-state index >= 15 is 0 Å². The van der Waals surface area contributed by atoms with Crippen molar-refractivity contribution in [1.29, 1.82) is 0 Å². The molecule has 1 aliphatic carbocycles. The maximum atomic E-state index is 12.2. The number of ether oxygens (including phenoxy) is 1. The van der Waals surface area contributed by atoms with E-state index in [0.717, 1.165) is 11.1 Å². The molecule has 0 unspecified atom stereocenters. The Kier molecular flexibility index (Phi) is 6.32. The van der Waals surface area contributed by atoms with Crippen molar-refractivity contribution in [2.24, 2.45) is 0 Å². The largest absolute Gasteiger partial charge is 0.507 e. The van der Waals surface area contributed by atoms with E-state index in [9.17, 15) is 24.9 Å². The molecule has 0 saturated heterocycles. The lowest BCUT2D eigenvalue weighted by Gasteiger charge is -2.19. The molecule has 34 heavy (non-hydrogen) atoms. The minimum Gasteiger partial charge on any atom is -0.507 e. The van der Waals surface area contributed by atoms with Crippen molar-refractivity contribution in [2.45, 2.75) is 6.42 Å². The third kappa shape index (κ3) is 4.34. The summed E-state index contributed by atoms with van der Waals surface area (Å²) in [7, 11) is 1.51. The smallest absolute Gasteiger partial charge is 0.201 e. The van der Waals surface area contributed by atoms with Gasteiger partial charge in [0.1, 0.15) is 23.0 Å². The van der Waals surface area contributed by atoms with Crippen LogP contribution in [0.4, 0.5) is 0 Å². The van der Waals surface area contributed by atoms with Crippen LogP contribution in [0.5, 0.6) is 23.0 Å². The van der Waals surface area contributed by atoms with E-state index < -0.39 is 0 Å². The van der Waals surface area contributed by atoms with E-state index in [4.69, 9.17) is 4.74 Å². The maximum Gasteiger partial charge on any atom is 0.201 e. The maximum absolute atomic E-state index is 12.2. The predicted octanol–water partition coefficient (Wildman–Crippen LogP) is 4.86. The number of phenols is 3. The summed E-state index contributed by atoms with van der Waals surface area (Å²) in [6.45, 7) is 0. The Hall–Kier alpha value is -4.58. The highest BCUT2D eigenvalue weighted by molar-refractivity contribution is 6.15. The molecule has 0 aliphatic heterocycles. The molecule has 170 valence electrons. The number of rotatable bonds is 3. The predicted molar refractivity (Wildman–Crippen MR) is 127 cm³/mol. The average molecular weight is 454 g/mol. The first kappa shape index (κ1) is 22.6. The summed E-state index contributed by atoms with van der Waals surface area (Å²) >= 11 is 0. The van der Waals surface area contributed by atoms with Crippen LogP contribution < -0.4 is 4.74 Å². The van der Waals surface area contributed by atoms with Crippen LogP contribution in [0.25, 0.3) is 0 Å². The van der Waals surface area contributed by atoms with Gasteiger partial charge in [-0.1, -0.05) is 54.6 Å². The van der Waals surface area contributed by atoms with Gasteiger partial charge in [0.15, 0.2) is 5.78 Å². The fraction of sp³-hybridized carbons (Fsp3) is 0.0714. The van der Waals surface area contributed by atoms with E-state index in [1.165, 1.54) is 25.3 Å². The normalized spacial score (nSPS) is 11.5. The first-order valence-corrected chi connectivity index (χ1v) is 10.5. The molecule has 0 aromatic heterocycles. The molecule has 4 aromatic carbocycles. The molecule has 6 heteroatoms. The van der Waals surface area contributed by atoms with Crippen molar-refractivity contribution in [3.05, 3.63) is 118 Å². The zero-order valence-corrected chi connectivity index (χ0v) is 18.4. The van der Waals surface area contributed by atoms with Gasteiger partial charge in [-0.05, 0) is 41.8 Å². The molecule has 0 fully saturated rings. The van der Waals surface area contributed by atoms with Gasteiger partial charge in [0.25, 0.3) is 0 Å². The highest BCUT2D eigenvalue weighted by Gasteiger charge is 2.28. The zero-order valence-electron chi connectivity index (χ0n) is 18.4. The minimum atomic E-state index is -0.308. The van der Waals surface area contributed by atoms with Crippen LogP contribution in [-0.4, -0.2) is 34.0 Å². The first-order chi connectivity index (χ1) is 16.4. The molecule has 0 spiro atoms. The number of hydrogen-bond donors (Lipinski definition) is 3. The fourth-order valence-corrected chi connectivity index (χ4v) is 3.90. The van der Waals surface area contributed by atoms with Gasteiger partial charge in [-0.15, -0.1) is 0 Å². The van der Waals surface area contributed by atoms with E-state index in [1.54, 1.807) is 48.5 Å². The van der Waals surface area contributed by atoms with Gasteiger partial charge in [-0.2, -0.15) is 0 Å². The van der Waals surface area contributed by atoms with Crippen LogP contribution in [0.2, 0.25) is 0 Å². The second kappa shape index (κ2) is 9.50. The second-order valence-electron chi connectivity index (χ2n) is 7.71. The second-order valence-corrected chi connectivity index (χ2v) is 7.71. The Labute approximate surface area is 196 Å². The minimum absolute atomic E-state index is 0.0265. The summed E-state index contributed by atoms with van der Waals surface area (Å²) in [5.74, 6) is -0.115. The van der Waals surface area contributed by atoms with Crippen LogP contribution in [0.3, 0.4) is 0 Å². The van der Waals surface area contributed by atoms with Crippen LogP contribution in [0.1, 0.15) is 43.0 Å². The lowest BCUT2D eigenvalue weighted by Crippen LogP contribution is -2.15. The number of ketones is 2. The Morgan fingerprint density at radius 2 is 1.32 bits per heavy atom. The number of aromatic hydroxyl groups is 3. The van der Waals surface area contributed by atoms with Crippen molar-refractivity contribution < 1.29 is 29.6 Å². The molecule has 3 N–H and O–H groups in total. The van der Waals surface area contributed by atoms with Crippen molar-refractivity contribution in [3.63, 3.8) is 0 Å². The topological polar surface area (TPSA) is 104 Å². The molecule has 5 rings (SSSR count). The third-order valence-electron chi connectivity index (χ3n) is 5.58. The van der Waals surface area contributed by atoms with E-state index in [0.29, 0.717) is 28.9 Å². The SMILES string of the molecule is COc1ccc(C(=O)c2ccccc2)c(O)c1.O=C1c2c(O)cccc2Cc2cccc(O)c21. The fourth-order valence-electron chi connectivity index (χ4n) is 3.90. The Morgan fingerprint density at radius 1 is 0.735 bits per heavy atom. The molecule has 4 aromatic rings. The lowest BCUT2D eigenvalue weighted by molar-refractivity contribution is 0.102. The molecule has 0 heterocycles. The number of carbonyl (C=O) groups is 2. The van der Waals surface area contributed by atoms with Crippen molar-refractivity contribution in [1.82, 2.24) is 0 Å². The molecule has 1 aliphatic rings. The summed E-state index contributed by atoms with van der Waals surface area (Å²) in [6.07, 6.45) is 0.555. The molecule has 0 amide bonds.